The SMILES string of the molecule is CC(=O)C(Cc1ccc(Cl)cc1Cl)C(=O)c1ccccc1. The summed E-state index contributed by atoms with van der Waals surface area (Å²) in [5.74, 6) is -1.09. The van der Waals surface area contributed by atoms with Gasteiger partial charge < -0.3 is 0 Å². The van der Waals surface area contributed by atoms with Crippen LogP contribution in [0.4, 0.5) is 0 Å². The minimum absolute atomic E-state index is 0.171. The number of halogens is 2. The lowest BCUT2D eigenvalue weighted by Gasteiger charge is -2.14. The van der Waals surface area contributed by atoms with Crippen LogP contribution in [0, 0.1) is 5.92 Å². The number of Topliss-reactive ketones (excluding diaryl/α,β-unsaturated/α-hetero) is 2. The van der Waals surface area contributed by atoms with E-state index in [1.807, 2.05) is 6.07 Å². The van der Waals surface area contributed by atoms with Gasteiger partial charge in [-0.25, -0.2) is 0 Å². The van der Waals surface area contributed by atoms with Gasteiger partial charge in [0.15, 0.2) is 5.78 Å². The lowest BCUT2D eigenvalue weighted by Crippen LogP contribution is -2.24. The van der Waals surface area contributed by atoms with Crippen LogP contribution in [0.1, 0.15) is 22.8 Å². The summed E-state index contributed by atoms with van der Waals surface area (Å²) in [6.45, 7) is 1.43. The zero-order valence-corrected chi connectivity index (χ0v) is 13.0. The minimum Gasteiger partial charge on any atom is -0.299 e. The van der Waals surface area contributed by atoms with Gasteiger partial charge in [-0.3, -0.25) is 9.59 Å². The molecule has 0 spiro atoms. The molecule has 0 fully saturated rings. The molecule has 0 aliphatic heterocycles. The van der Waals surface area contributed by atoms with Gasteiger partial charge in [-0.2, -0.15) is 0 Å². The van der Waals surface area contributed by atoms with E-state index < -0.39 is 5.92 Å². The highest BCUT2D eigenvalue weighted by molar-refractivity contribution is 6.35. The molecular weight excluding hydrogens is 307 g/mol. The third-order valence-corrected chi connectivity index (χ3v) is 3.89. The monoisotopic (exact) mass is 320 g/mol. The fourth-order valence-corrected chi connectivity index (χ4v) is 2.62. The van der Waals surface area contributed by atoms with Gasteiger partial charge >= 0.3 is 0 Å². The molecule has 4 heteroatoms. The van der Waals surface area contributed by atoms with Gasteiger partial charge in [-0.1, -0.05) is 59.6 Å². The molecule has 0 heterocycles. The summed E-state index contributed by atoms with van der Waals surface area (Å²) < 4.78 is 0. The van der Waals surface area contributed by atoms with E-state index in [0.29, 0.717) is 15.6 Å². The van der Waals surface area contributed by atoms with Crippen molar-refractivity contribution in [3.8, 4) is 0 Å². The Bertz CT molecular complexity index is 666. The molecule has 2 rings (SSSR count). The van der Waals surface area contributed by atoms with Crippen molar-refractivity contribution in [1.82, 2.24) is 0 Å². The van der Waals surface area contributed by atoms with Gasteiger partial charge in [0.2, 0.25) is 0 Å². The maximum Gasteiger partial charge on any atom is 0.173 e. The number of hydrogen-bond donors (Lipinski definition) is 0. The number of carbonyl (C=O) groups excluding carboxylic acids is 2. The highest BCUT2D eigenvalue weighted by Gasteiger charge is 2.25. The number of carbonyl (C=O) groups is 2. The van der Waals surface area contributed by atoms with Crippen LogP contribution in [0.25, 0.3) is 0 Å². The fraction of sp³-hybridized carbons (Fsp3) is 0.176. The average Bonchev–Trinajstić information content (AvgIpc) is 2.46. The van der Waals surface area contributed by atoms with Crippen LogP contribution in [0.15, 0.2) is 48.5 Å². The molecule has 0 radical (unpaired) electrons. The average molecular weight is 321 g/mol. The minimum atomic E-state index is -0.730. The summed E-state index contributed by atoms with van der Waals surface area (Å²) in [4.78, 5) is 24.3. The molecule has 21 heavy (non-hydrogen) atoms. The highest BCUT2D eigenvalue weighted by Crippen LogP contribution is 2.25. The smallest absolute Gasteiger partial charge is 0.173 e. The van der Waals surface area contributed by atoms with E-state index in [2.05, 4.69) is 0 Å². The van der Waals surface area contributed by atoms with Crippen molar-refractivity contribution in [2.24, 2.45) is 5.92 Å². The van der Waals surface area contributed by atoms with Crippen molar-refractivity contribution in [3.05, 3.63) is 69.7 Å². The zero-order chi connectivity index (χ0) is 15.4. The Morgan fingerprint density at radius 1 is 1.05 bits per heavy atom. The lowest BCUT2D eigenvalue weighted by atomic mass is 9.88. The number of rotatable bonds is 5. The molecule has 1 atom stereocenters. The Hall–Kier alpha value is -1.64. The molecule has 0 bridgehead atoms. The van der Waals surface area contributed by atoms with Crippen LogP contribution in [0.5, 0.6) is 0 Å². The quantitative estimate of drug-likeness (QED) is 0.594. The maximum absolute atomic E-state index is 12.5. The molecule has 0 amide bonds. The van der Waals surface area contributed by atoms with Crippen LogP contribution >= 0.6 is 23.2 Å². The predicted octanol–water partition coefficient (Wildman–Crippen LogP) is 4.62. The Morgan fingerprint density at radius 3 is 2.29 bits per heavy atom. The second-order valence-electron chi connectivity index (χ2n) is 4.83. The number of ketones is 2. The molecule has 0 aliphatic carbocycles. The van der Waals surface area contributed by atoms with E-state index in [0.717, 1.165) is 5.56 Å². The summed E-state index contributed by atoms with van der Waals surface area (Å²) in [7, 11) is 0. The standard InChI is InChI=1S/C17H14Cl2O2/c1-11(20)15(17(21)12-5-3-2-4-6-12)9-13-7-8-14(18)10-16(13)19/h2-8,10,15H,9H2,1H3. The molecule has 0 aromatic heterocycles. The van der Waals surface area contributed by atoms with Gasteiger partial charge in [0.1, 0.15) is 5.78 Å². The van der Waals surface area contributed by atoms with E-state index in [1.54, 1.807) is 42.5 Å². The second-order valence-corrected chi connectivity index (χ2v) is 5.68. The Balaban J connectivity index is 2.28. The largest absolute Gasteiger partial charge is 0.299 e. The van der Waals surface area contributed by atoms with Crippen molar-refractivity contribution in [2.75, 3.05) is 0 Å². The van der Waals surface area contributed by atoms with E-state index in [1.165, 1.54) is 6.92 Å². The maximum atomic E-state index is 12.5. The molecule has 2 nitrogen and oxygen atoms in total. The van der Waals surface area contributed by atoms with Crippen molar-refractivity contribution >= 4 is 34.8 Å². The third-order valence-electron chi connectivity index (χ3n) is 3.30. The molecule has 108 valence electrons. The fourth-order valence-electron chi connectivity index (χ4n) is 2.13. The summed E-state index contributed by atoms with van der Waals surface area (Å²) in [5.41, 5.74) is 1.27. The van der Waals surface area contributed by atoms with Gasteiger partial charge in [-0.05, 0) is 31.0 Å². The van der Waals surface area contributed by atoms with Gasteiger partial charge in [0.25, 0.3) is 0 Å². The van der Waals surface area contributed by atoms with E-state index in [9.17, 15) is 9.59 Å². The molecule has 2 aromatic carbocycles. The van der Waals surface area contributed by atoms with Crippen LogP contribution in [-0.4, -0.2) is 11.6 Å². The van der Waals surface area contributed by atoms with Gasteiger partial charge in [0.05, 0.1) is 5.92 Å². The first-order valence-corrected chi connectivity index (χ1v) is 7.28. The van der Waals surface area contributed by atoms with Crippen LogP contribution in [-0.2, 0) is 11.2 Å². The first kappa shape index (κ1) is 15.7. The van der Waals surface area contributed by atoms with Crippen molar-refractivity contribution in [2.45, 2.75) is 13.3 Å². The number of hydrogen-bond acceptors (Lipinski definition) is 2. The molecule has 0 N–H and O–H groups in total. The molecule has 0 aliphatic rings. The Kier molecular flexibility index (Phi) is 5.16. The van der Waals surface area contributed by atoms with Crippen molar-refractivity contribution < 1.29 is 9.59 Å². The highest BCUT2D eigenvalue weighted by atomic mass is 35.5. The van der Waals surface area contributed by atoms with Gasteiger partial charge in [-0.15, -0.1) is 0 Å². The molecule has 0 saturated carbocycles. The molecule has 0 saturated heterocycles. The van der Waals surface area contributed by atoms with Crippen LogP contribution in [0.2, 0.25) is 10.0 Å². The second kappa shape index (κ2) is 6.88. The molecule has 1 unspecified atom stereocenters. The predicted molar refractivity (Wildman–Crippen MR) is 85.1 cm³/mol. The molecular formula is C17H14Cl2O2. The van der Waals surface area contributed by atoms with E-state index >= 15 is 0 Å². The summed E-state index contributed by atoms with van der Waals surface area (Å²) in [6, 6.07) is 13.9. The zero-order valence-electron chi connectivity index (χ0n) is 11.5. The van der Waals surface area contributed by atoms with Gasteiger partial charge in [0, 0.05) is 15.6 Å². The van der Waals surface area contributed by atoms with Crippen molar-refractivity contribution in [1.29, 1.82) is 0 Å². The Morgan fingerprint density at radius 2 is 1.71 bits per heavy atom. The number of benzene rings is 2. The summed E-state index contributed by atoms with van der Waals surface area (Å²) in [5, 5.41) is 0.993. The van der Waals surface area contributed by atoms with E-state index in [-0.39, 0.29) is 18.0 Å². The van der Waals surface area contributed by atoms with Crippen LogP contribution in [0.3, 0.4) is 0 Å². The first-order chi connectivity index (χ1) is 9.99. The summed E-state index contributed by atoms with van der Waals surface area (Å²) in [6.07, 6.45) is 0.277. The van der Waals surface area contributed by atoms with E-state index in [4.69, 9.17) is 23.2 Å². The first-order valence-electron chi connectivity index (χ1n) is 6.52. The summed E-state index contributed by atoms with van der Waals surface area (Å²) >= 11 is 12.0. The topological polar surface area (TPSA) is 34.1 Å². The molecule has 2 aromatic rings. The lowest BCUT2D eigenvalue weighted by molar-refractivity contribution is -0.119. The van der Waals surface area contributed by atoms with Crippen molar-refractivity contribution in [3.63, 3.8) is 0 Å². The van der Waals surface area contributed by atoms with Crippen LogP contribution < -0.4 is 0 Å². The normalized spacial score (nSPS) is 12.0. The Labute approximate surface area is 133 Å². The third kappa shape index (κ3) is 3.93.